The summed E-state index contributed by atoms with van der Waals surface area (Å²) in [4.78, 5) is 23.9. The summed E-state index contributed by atoms with van der Waals surface area (Å²) in [6.45, 7) is 19.6. The molecule has 1 unspecified atom stereocenters. The van der Waals surface area contributed by atoms with E-state index >= 15 is 0 Å². The van der Waals surface area contributed by atoms with Crippen molar-refractivity contribution in [1.82, 2.24) is 21.3 Å². The van der Waals surface area contributed by atoms with Crippen LogP contribution in [0.25, 0.3) is 0 Å². The molecule has 0 radical (unpaired) electrons. The Morgan fingerprint density at radius 2 is 1.33 bits per heavy atom. The molecule has 0 saturated carbocycles. The molecule has 0 spiro atoms. The van der Waals surface area contributed by atoms with Crippen molar-refractivity contribution in [2.45, 2.75) is 86.4 Å². The van der Waals surface area contributed by atoms with Gasteiger partial charge in [-0.05, 0) is 45.3 Å². The molecule has 0 aliphatic rings. The van der Waals surface area contributed by atoms with Gasteiger partial charge in [0.25, 0.3) is 0 Å². The van der Waals surface area contributed by atoms with E-state index in [-0.39, 0.29) is 17.2 Å². The minimum absolute atomic E-state index is 0.0116. The van der Waals surface area contributed by atoms with Crippen molar-refractivity contribution < 1.29 is 19.1 Å². The van der Waals surface area contributed by atoms with Crippen LogP contribution in [-0.4, -0.2) is 70.1 Å². The Balaban J connectivity index is 4.10. The molecule has 0 bridgehead atoms. The van der Waals surface area contributed by atoms with Crippen molar-refractivity contribution in [3.05, 3.63) is 0 Å². The van der Waals surface area contributed by atoms with Gasteiger partial charge in [-0.2, -0.15) is 0 Å². The summed E-state index contributed by atoms with van der Waals surface area (Å²) >= 11 is 0. The topological polar surface area (TPSA) is 101 Å². The third kappa shape index (κ3) is 17.0. The van der Waals surface area contributed by atoms with Gasteiger partial charge in [0.1, 0.15) is 0 Å². The number of hydrogen-bond donors (Lipinski definition) is 4. The molecule has 0 heterocycles. The third-order valence-corrected chi connectivity index (χ3v) is 5.55. The molecule has 8 heteroatoms. The molecule has 0 rings (SSSR count). The maximum absolute atomic E-state index is 12.0. The molecule has 0 aliphatic heterocycles. The van der Waals surface area contributed by atoms with Crippen LogP contribution in [0.4, 0.5) is 0 Å². The Kier molecular flexibility index (Phi) is 17.5. The summed E-state index contributed by atoms with van der Waals surface area (Å²) in [7, 11) is 0. The minimum Gasteiger partial charge on any atom is -0.354 e. The van der Waals surface area contributed by atoms with Crippen molar-refractivity contribution in [3.8, 4) is 0 Å². The molecule has 0 saturated heterocycles. The van der Waals surface area contributed by atoms with E-state index in [4.69, 9.17) is 9.47 Å². The van der Waals surface area contributed by atoms with Gasteiger partial charge in [-0.3, -0.25) is 9.59 Å². The van der Waals surface area contributed by atoms with Crippen LogP contribution in [0.1, 0.15) is 80.6 Å². The van der Waals surface area contributed by atoms with Crippen LogP contribution >= 0.6 is 0 Å². The largest absolute Gasteiger partial charge is 0.354 e. The zero-order valence-corrected chi connectivity index (χ0v) is 22.4. The molecule has 33 heavy (non-hydrogen) atoms. The second-order valence-electron chi connectivity index (χ2n) is 10.1. The average Bonchev–Trinajstić information content (AvgIpc) is 2.73. The lowest BCUT2D eigenvalue weighted by molar-refractivity contribution is -0.276. The smallest absolute Gasteiger partial charge is 0.221 e. The fraction of sp³-hybridized carbons (Fsp3) is 0.920. The molecule has 0 aliphatic carbocycles. The summed E-state index contributed by atoms with van der Waals surface area (Å²) < 4.78 is 12.1. The number of nitrogens with one attached hydrogen (secondary N) is 4. The molecule has 0 aromatic heterocycles. The number of carbonyl (C=O) groups excluding carboxylic acids is 2. The quantitative estimate of drug-likeness (QED) is 0.161. The highest BCUT2D eigenvalue weighted by Gasteiger charge is 2.39. The van der Waals surface area contributed by atoms with E-state index in [1.165, 1.54) is 0 Å². The van der Waals surface area contributed by atoms with Gasteiger partial charge in [0, 0.05) is 37.9 Å². The number of amides is 2. The molecule has 1 atom stereocenters. The van der Waals surface area contributed by atoms with Crippen LogP contribution < -0.4 is 21.3 Å². The van der Waals surface area contributed by atoms with Crippen molar-refractivity contribution >= 4 is 11.8 Å². The predicted molar refractivity (Wildman–Crippen MR) is 135 cm³/mol. The van der Waals surface area contributed by atoms with Crippen LogP contribution in [0.2, 0.25) is 0 Å². The highest BCUT2D eigenvalue weighted by molar-refractivity contribution is 5.76. The standard InChI is InChI=1S/C25H52N4O4/c1-8-26-14-11-9-10-12-22(30)28-16-18-32-25(7,24(4,5)6)33-19-17-29-23(31)13-15-27-20-21(2)3/h21,26-27H,8-20H2,1-7H3,(H,28,30)(H,29,31). The Labute approximate surface area is 202 Å². The first-order valence-electron chi connectivity index (χ1n) is 12.7. The third-order valence-electron chi connectivity index (χ3n) is 5.55. The lowest BCUT2D eigenvalue weighted by atomic mass is 9.86. The Morgan fingerprint density at radius 1 is 0.758 bits per heavy atom. The second-order valence-corrected chi connectivity index (χ2v) is 10.1. The maximum atomic E-state index is 12.0. The molecule has 196 valence electrons. The van der Waals surface area contributed by atoms with E-state index in [0.29, 0.717) is 51.6 Å². The monoisotopic (exact) mass is 472 g/mol. The van der Waals surface area contributed by atoms with Crippen LogP contribution in [0, 0.1) is 11.3 Å². The van der Waals surface area contributed by atoms with E-state index in [0.717, 1.165) is 38.9 Å². The van der Waals surface area contributed by atoms with E-state index in [1.54, 1.807) is 0 Å². The molecular weight excluding hydrogens is 420 g/mol. The van der Waals surface area contributed by atoms with Gasteiger partial charge >= 0.3 is 0 Å². The lowest BCUT2D eigenvalue weighted by Crippen LogP contribution is -2.47. The predicted octanol–water partition coefficient (Wildman–Crippen LogP) is 2.82. The highest BCUT2D eigenvalue weighted by Crippen LogP contribution is 2.34. The average molecular weight is 473 g/mol. The van der Waals surface area contributed by atoms with Gasteiger partial charge in [-0.25, -0.2) is 0 Å². The first-order chi connectivity index (χ1) is 15.5. The minimum atomic E-state index is -0.826. The lowest BCUT2D eigenvalue weighted by Gasteiger charge is -2.41. The molecule has 8 nitrogen and oxygen atoms in total. The first-order valence-corrected chi connectivity index (χ1v) is 12.7. The van der Waals surface area contributed by atoms with E-state index in [2.05, 4.69) is 62.8 Å². The fourth-order valence-corrected chi connectivity index (χ4v) is 3.01. The van der Waals surface area contributed by atoms with Crippen LogP contribution in [0.5, 0.6) is 0 Å². The van der Waals surface area contributed by atoms with Gasteiger partial charge in [0.2, 0.25) is 11.8 Å². The van der Waals surface area contributed by atoms with Gasteiger partial charge in [-0.1, -0.05) is 48.0 Å². The molecule has 4 N–H and O–H groups in total. The Morgan fingerprint density at radius 3 is 1.85 bits per heavy atom. The van der Waals surface area contributed by atoms with Crippen molar-refractivity contribution in [2.75, 3.05) is 52.5 Å². The van der Waals surface area contributed by atoms with Gasteiger partial charge in [-0.15, -0.1) is 0 Å². The molecule has 0 aromatic carbocycles. The molecule has 0 fully saturated rings. The van der Waals surface area contributed by atoms with Crippen LogP contribution in [-0.2, 0) is 19.1 Å². The number of rotatable bonds is 20. The van der Waals surface area contributed by atoms with E-state index in [1.807, 2.05) is 6.92 Å². The summed E-state index contributed by atoms with van der Waals surface area (Å²) in [5.74, 6) is -0.181. The zero-order valence-electron chi connectivity index (χ0n) is 22.4. The molecule has 0 aromatic rings. The van der Waals surface area contributed by atoms with Gasteiger partial charge in [0.05, 0.1) is 13.2 Å². The Bertz CT molecular complexity index is 523. The van der Waals surface area contributed by atoms with Crippen molar-refractivity contribution in [2.24, 2.45) is 11.3 Å². The van der Waals surface area contributed by atoms with Crippen molar-refractivity contribution in [1.29, 1.82) is 0 Å². The summed E-state index contributed by atoms with van der Waals surface area (Å²) in [5.41, 5.74) is -0.270. The van der Waals surface area contributed by atoms with E-state index in [9.17, 15) is 9.59 Å². The fourth-order valence-electron chi connectivity index (χ4n) is 3.01. The highest BCUT2D eigenvalue weighted by atomic mass is 16.7. The maximum Gasteiger partial charge on any atom is 0.221 e. The van der Waals surface area contributed by atoms with Gasteiger partial charge in [0.15, 0.2) is 5.79 Å². The summed E-state index contributed by atoms with van der Waals surface area (Å²) in [6.07, 6.45) is 4.06. The number of unbranched alkanes of at least 4 members (excludes halogenated alkanes) is 2. The summed E-state index contributed by atoms with van der Waals surface area (Å²) in [6, 6.07) is 0. The van der Waals surface area contributed by atoms with Gasteiger partial charge < -0.3 is 30.7 Å². The van der Waals surface area contributed by atoms with Crippen LogP contribution in [0.3, 0.4) is 0 Å². The Hall–Kier alpha value is -1.22. The number of hydrogen-bond acceptors (Lipinski definition) is 6. The first kappa shape index (κ1) is 31.8. The zero-order chi connectivity index (χ0) is 25.2. The molecular formula is C25H52N4O4. The second kappa shape index (κ2) is 18.2. The van der Waals surface area contributed by atoms with E-state index < -0.39 is 5.79 Å². The molecule has 2 amide bonds. The van der Waals surface area contributed by atoms with Crippen molar-refractivity contribution in [3.63, 3.8) is 0 Å². The van der Waals surface area contributed by atoms with Crippen LogP contribution in [0.15, 0.2) is 0 Å². The SMILES string of the molecule is CCNCCCCCC(=O)NCCOC(C)(OCCNC(=O)CCNCC(C)C)C(C)(C)C. The normalized spacial score (nSPS) is 13.7. The summed E-state index contributed by atoms with van der Waals surface area (Å²) in [5, 5.41) is 12.4. The number of ether oxygens (including phenoxy) is 2. The number of carbonyl (C=O) groups is 2.